The number of carbonyl (C=O) groups is 3. The van der Waals surface area contributed by atoms with Gasteiger partial charge in [-0.2, -0.15) is 0 Å². The van der Waals surface area contributed by atoms with E-state index < -0.39 is 42.0 Å². The number of nitrogens with zero attached hydrogens (tertiary/aromatic N) is 1. The second kappa shape index (κ2) is 11.6. The van der Waals surface area contributed by atoms with E-state index in [1.54, 1.807) is 6.08 Å². The first-order chi connectivity index (χ1) is 10.8. The fraction of sp³-hybridized carbons (Fsp3) is 0.688. The Bertz CT molecular complexity index is 378. The molecule has 0 heterocycles. The van der Waals surface area contributed by atoms with E-state index in [-0.39, 0.29) is 6.54 Å². The van der Waals surface area contributed by atoms with Gasteiger partial charge in [0.25, 0.3) is 0 Å². The first-order valence-corrected chi connectivity index (χ1v) is 7.97. The monoisotopic (exact) mass is 330 g/mol. The van der Waals surface area contributed by atoms with E-state index in [1.807, 2.05) is 6.08 Å². The molecule has 3 N–H and O–H groups in total. The lowest BCUT2D eigenvalue weighted by Crippen LogP contribution is -2.56. The highest BCUT2D eigenvalue weighted by molar-refractivity contribution is 5.73. The van der Waals surface area contributed by atoms with Gasteiger partial charge in [0.05, 0.1) is 6.54 Å². The van der Waals surface area contributed by atoms with Crippen molar-refractivity contribution in [3.05, 3.63) is 12.2 Å². The summed E-state index contributed by atoms with van der Waals surface area (Å²) in [5.41, 5.74) is 0. The predicted octanol–water partition coefficient (Wildman–Crippen LogP) is 1.97. The SMILES string of the molecule is CCCCCCC/C=C/C[N+](CC(=O)O)(CC(=O)O)CC(=O)O. The molecule has 0 fully saturated rings. The molecule has 0 radical (unpaired) electrons. The molecular weight excluding hydrogens is 302 g/mol. The Morgan fingerprint density at radius 3 is 1.70 bits per heavy atom. The first-order valence-electron chi connectivity index (χ1n) is 7.97. The largest absolute Gasteiger partial charge is 0.477 e. The quantitative estimate of drug-likeness (QED) is 0.255. The molecule has 0 aromatic carbocycles. The van der Waals surface area contributed by atoms with Crippen molar-refractivity contribution in [2.75, 3.05) is 26.2 Å². The molecule has 7 nitrogen and oxygen atoms in total. The molecule has 0 rings (SSSR count). The van der Waals surface area contributed by atoms with Crippen LogP contribution in [0.1, 0.15) is 45.4 Å². The van der Waals surface area contributed by atoms with Crippen molar-refractivity contribution in [3.8, 4) is 0 Å². The summed E-state index contributed by atoms with van der Waals surface area (Å²) < 4.78 is -0.521. The van der Waals surface area contributed by atoms with Crippen LogP contribution >= 0.6 is 0 Å². The molecule has 0 saturated carbocycles. The molecule has 0 aliphatic carbocycles. The Kier molecular flexibility index (Phi) is 10.7. The van der Waals surface area contributed by atoms with Crippen molar-refractivity contribution in [1.29, 1.82) is 0 Å². The van der Waals surface area contributed by atoms with Crippen molar-refractivity contribution in [2.45, 2.75) is 45.4 Å². The van der Waals surface area contributed by atoms with Crippen LogP contribution in [-0.4, -0.2) is 63.9 Å². The molecule has 0 bridgehead atoms. The third-order valence-corrected chi connectivity index (χ3v) is 3.55. The number of carboxylic acid groups (broad SMARTS) is 3. The standard InChI is InChI=1S/C16H27NO6/c1-2-3-4-5-6-7-8-9-10-17(11-14(18)19,12-15(20)21)13-16(22)23/h8-9H,2-7,10-13H2,1H3,(H2-,18,19,20,21,22,23)/p+1/b9-8+. The first kappa shape index (κ1) is 21.1. The third-order valence-electron chi connectivity index (χ3n) is 3.55. The maximum Gasteiger partial charge on any atom is 0.359 e. The number of rotatable bonds is 14. The molecule has 0 aliphatic rings. The van der Waals surface area contributed by atoms with E-state index in [2.05, 4.69) is 6.92 Å². The Labute approximate surface area is 136 Å². The van der Waals surface area contributed by atoms with Crippen LogP contribution < -0.4 is 0 Å². The third kappa shape index (κ3) is 11.3. The molecule has 7 heteroatoms. The lowest BCUT2D eigenvalue weighted by atomic mass is 10.1. The van der Waals surface area contributed by atoms with Gasteiger partial charge in [0.2, 0.25) is 0 Å². The summed E-state index contributed by atoms with van der Waals surface area (Å²) in [6, 6.07) is 0. The average Bonchev–Trinajstić information content (AvgIpc) is 2.39. The van der Waals surface area contributed by atoms with Crippen molar-refractivity contribution in [1.82, 2.24) is 0 Å². The summed E-state index contributed by atoms with van der Waals surface area (Å²) >= 11 is 0. The van der Waals surface area contributed by atoms with Crippen LogP contribution in [0.4, 0.5) is 0 Å². The molecule has 23 heavy (non-hydrogen) atoms. The second-order valence-electron chi connectivity index (χ2n) is 5.85. The van der Waals surface area contributed by atoms with Crippen LogP contribution in [0, 0.1) is 0 Å². The highest BCUT2D eigenvalue weighted by atomic mass is 16.4. The van der Waals surface area contributed by atoms with Crippen molar-refractivity contribution < 1.29 is 34.2 Å². The van der Waals surface area contributed by atoms with Gasteiger partial charge in [-0.1, -0.05) is 38.7 Å². The fourth-order valence-electron chi connectivity index (χ4n) is 2.50. The van der Waals surface area contributed by atoms with Crippen LogP contribution in [0.15, 0.2) is 12.2 Å². The van der Waals surface area contributed by atoms with E-state index in [4.69, 9.17) is 15.3 Å². The van der Waals surface area contributed by atoms with Gasteiger partial charge in [-0.25, -0.2) is 14.4 Å². The van der Waals surface area contributed by atoms with Crippen LogP contribution in [0.2, 0.25) is 0 Å². The van der Waals surface area contributed by atoms with Gasteiger partial charge < -0.3 is 15.3 Å². The van der Waals surface area contributed by atoms with Gasteiger partial charge in [-0.05, 0) is 18.9 Å². The van der Waals surface area contributed by atoms with Crippen LogP contribution in [0.3, 0.4) is 0 Å². The molecular formula is C16H28NO6+. The lowest BCUT2D eigenvalue weighted by molar-refractivity contribution is -0.902. The van der Waals surface area contributed by atoms with Gasteiger partial charge in [-0.3, -0.25) is 4.48 Å². The normalized spacial score (nSPS) is 11.7. The number of allylic oxidation sites excluding steroid dienone is 1. The molecule has 0 atom stereocenters. The maximum atomic E-state index is 11.0. The van der Waals surface area contributed by atoms with E-state index in [9.17, 15) is 14.4 Å². The summed E-state index contributed by atoms with van der Waals surface area (Å²) in [6.07, 6.45) is 10.1. The predicted molar refractivity (Wildman–Crippen MR) is 85.2 cm³/mol. The molecule has 0 aromatic heterocycles. The number of hydrogen-bond acceptors (Lipinski definition) is 3. The molecule has 0 aromatic rings. The highest BCUT2D eigenvalue weighted by Gasteiger charge is 2.34. The zero-order valence-corrected chi connectivity index (χ0v) is 13.7. The molecule has 0 unspecified atom stereocenters. The zero-order chi connectivity index (χ0) is 17.7. The number of unbranched alkanes of at least 4 members (excludes halogenated alkanes) is 5. The van der Waals surface area contributed by atoms with E-state index in [1.165, 1.54) is 19.3 Å². The van der Waals surface area contributed by atoms with E-state index in [0.717, 1.165) is 19.3 Å². The minimum Gasteiger partial charge on any atom is -0.477 e. The molecule has 132 valence electrons. The average molecular weight is 330 g/mol. The van der Waals surface area contributed by atoms with Gasteiger partial charge in [0.1, 0.15) is 0 Å². The highest BCUT2D eigenvalue weighted by Crippen LogP contribution is 2.09. The summed E-state index contributed by atoms with van der Waals surface area (Å²) in [6.45, 7) is 0.642. The minimum atomic E-state index is -1.21. The second-order valence-corrected chi connectivity index (χ2v) is 5.85. The van der Waals surface area contributed by atoms with E-state index >= 15 is 0 Å². The van der Waals surface area contributed by atoms with Crippen molar-refractivity contribution in [3.63, 3.8) is 0 Å². The Hall–Kier alpha value is -1.89. The molecule has 0 aliphatic heterocycles. The zero-order valence-electron chi connectivity index (χ0n) is 13.7. The van der Waals surface area contributed by atoms with Gasteiger partial charge >= 0.3 is 17.9 Å². The van der Waals surface area contributed by atoms with Gasteiger partial charge in [0.15, 0.2) is 19.6 Å². The topological polar surface area (TPSA) is 112 Å². The van der Waals surface area contributed by atoms with Crippen LogP contribution in [-0.2, 0) is 14.4 Å². The van der Waals surface area contributed by atoms with Gasteiger partial charge in [0, 0.05) is 0 Å². The summed E-state index contributed by atoms with van der Waals surface area (Å²) in [5.74, 6) is -3.62. The Morgan fingerprint density at radius 2 is 1.26 bits per heavy atom. The molecule has 0 amide bonds. The summed E-state index contributed by atoms with van der Waals surface area (Å²) in [7, 11) is 0. The van der Waals surface area contributed by atoms with Crippen molar-refractivity contribution >= 4 is 17.9 Å². The van der Waals surface area contributed by atoms with Crippen LogP contribution in [0.5, 0.6) is 0 Å². The minimum absolute atomic E-state index is 0.0832. The fourth-order valence-corrected chi connectivity index (χ4v) is 2.50. The maximum absolute atomic E-state index is 11.0. The number of quaternary nitrogens is 1. The summed E-state index contributed by atoms with van der Waals surface area (Å²) in [4.78, 5) is 33.0. The smallest absolute Gasteiger partial charge is 0.359 e. The van der Waals surface area contributed by atoms with Crippen molar-refractivity contribution in [2.24, 2.45) is 0 Å². The number of carboxylic acids is 3. The van der Waals surface area contributed by atoms with Crippen LogP contribution in [0.25, 0.3) is 0 Å². The van der Waals surface area contributed by atoms with Gasteiger partial charge in [-0.15, -0.1) is 0 Å². The summed E-state index contributed by atoms with van der Waals surface area (Å²) in [5, 5.41) is 26.9. The molecule has 0 saturated heterocycles. The number of aliphatic carboxylic acids is 3. The molecule has 0 spiro atoms. The van der Waals surface area contributed by atoms with E-state index in [0.29, 0.717) is 0 Å². The Morgan fingerprint density at radius 1 is 0.783 bits per heavy atom. The number of hydrogen-bond donors (Lipinski definition) is 3. The lowest BCUT2D eigenvalue weighted by Gasteiger charge is -2.33. The Balaban J connectivity index is 4.62.